The molecule has 0 spiro atoms. The fraction of sp³-hybridized carbons (Fsp3) is 0. The predicted molar refractivity (Wildman–Crippen MR) is 139 cm³/mol. The van der Waals surface area contributed by atoms with Gasteiger partial charge in [0.25, 0.3) is 0 Å². The first kappa shape index (κ1) is 22.1. The summed E-state index contributed by atoms with van der Waals surface area (Å²) in [7, 11) is 0. The fourth-order valence-electron chi connectivity index (χ4n) is 3.50. The van der Waals surface area contributed by atoms with Gasteiger partial charge in [-0.05, 0) is 53.6 Å². The molecule has 34 heavy (non-hydrogen) atoms. The van der Waals surface area contributed by atoms with Crippen LogP contribution in [0.15, 0.2) is 100 Å². The summed E-state index contributed by atoms with van der Waals surface area (Å²) in [4.78, 5) is 18.4. The monoisotopic (exact) mass is 567 g/mol. The molecule has 2 heterocycles. The van der Waals surface area contributed by atoms with Crippen molar-refractivity contribution >= 4 is 31.9 Å². The minimum absolute atomic E-state index is 0.578. The summed E-state index contributed by atoms with van der Waals surface area (Å²) < 4.78 is 1.85. The van der Waals surface area contributed by atoms with E-state index < -0.39 is 0 Å². The highest BCUT2D eigenvalue weighted by atomic mass is 79.9. The predicted octanol–water partition coefficient (Wildman–Crippen LogP) is 7.33. The Morgan fingerprint density at radius 3 is 1.50 bits per heavy atom. The van der Waals surface area contributed by atoms with Gasteiger partial charge in [-0.25, -0.2) is 15.0 Å². The van der Waals surface area contributed by atoms with Crippen LogP contribution in [0.25, 0.3) is 45.3 Å². The number of halogens is 2. The number of rotatable bonds is 4. The molecule has 0 aliphatic heterocycles. The summed E-state index contributed by atoms with van der Waals surface area (Å²) in [6.45, 7) is 0. The van der Waals surface area contributed by atoms with E-state index in [1.54, 1.807) is 12.4 Å². The van der Waals surface area contributed by atoms with Crippen LogP contribution in [0.5, 0.6) is 0 Å². The van der Waals surface area contributed by atoms with Gasteiger partial charge in [-0.1, -0.05) is 68.3 Å². The van der Waals surface area contributed by atoms with Gasteiger partial charge in [-0.15, -0.1) is 0 Å². The van der Waals surface area contributed by atoms with Crippen molar-refractivity contribution in [3.05, 3.63) is 106 Å². The molecule has 2 aromatic heterocycles. The molecular formula is C27H15Br2N5. The van der Waals surface area contributed by atoms with E-state index in [0.717, 1.165) is 36.8 Å². The van der Waals surface area contributed by atoms with Gasteiger partial charge in [0.1, 0.15) is 0 Å². The molecule has 0 saturated heterocycles. The van der Waals surface area contributed by atoms with E-state index in [-0.39, 0.29) is 0 Å². The largest absolute Gasteiger partial charge is 0.265 e. The molecule has 0 amide bonds. The number of benzene rings is 3. The lowest BCUT2D eigenvalue weighted by Gasteiger charge is -2.09. The minimum Gasteiger partial charge on any atom is -0.265 e. The Hall–Kier alpha value is -3.73. The van der Waals surface area contributed by atoms with Crippen molar-refractivity contribution in [3.63, 3.8) is 0 Å². The first-order chi connectivity index (χ1) is 16.6. The Bertz CT molecular complexity index is 1490. The quantitative estimate of drug-likeness (QED) is 0.227. The lowest BCUT2D eigenvalue weighted by molar-refractivity contribution is 1.07. The van der Waals surface area contributed by atoms with Crippen molar-refractivity contribution in [1.29, 1.82) is 5.26 Å². The normalized spacial score (nSPS) is 10.6. The number of hydrogen-bond donors (Lipinski definition) is 0. The summed E-state index contributed by atoms with van der Waals surface area (Å²) in [6, 6.07) is 27.4. The van der Waals surface area contributed by atoms with Crippen LogP contribution in [-0.4, -0.2) is 19.9 Å². The smallest absolute Gasteiger partial charge is 0.164 e. The molecule has 0 bridgehead atoms. The van der Waals surface area contributed by atoms with Gasteiger partial charge >= 0.3 is 0 Å². The van der Waals surface area contributed by atoms with Crippen molar-refractivity contribution < 1.29 is 0 Å². The van der Waals surface area contributed by atoms with Crippen LogP contribution >= 0.6 is 31.9 Å². The van der Waals surface area contributed by atoms with Crippen molar-refractivity contribution in [2.75, 3.05) is 0 Å². The maximum atomic E-state index is 9.02. The summed E-state index contributed by atoms with van der Waals surface area (Å²) in [6.07, 6.45) is 3.45. The number of aromatic nitrogens is 4. The summed E-state index contributed by atoms with van der Waals surface area (Å²) in [5.74, 6) is 1.74. The van der Waals surface area contributed by atoms with E-state index in [1.807, 2.05) is 78.9 Å². The lowest BCUT2D eigenvalue weighted by Crippen LogP contribution is -2.00. The Morgan fingerprint density at radius 1 is 0.529 bits per heavy atom. The first-order valence-electron chi connectivity index (χ1n) is 10.3. The molecule has 0 saturated carbocycles. The third-order valence-corrected chi connectivity index (χ3v) is 6.10. The minimum atomic E-state index is 0.578. The number of hydrogen-bond acceptors (Lipinski definition) is 5. The Balaban J connectivity index is 1.59. The maximum Gasteiger partial charge on any atom is 0.164 e. The average Bonchev–Trinajstić information content (AvgIpc) is 2.88. The van der Waals surface area contributed by atoms with Crippen molar-refractivity contribution in [2.24, 2.45) is 0 Å². The highest BCUT2D eigenvalue weighted by Gasteiger charge is 2.13. The second-order valence-electron chi connectivity index (χ2n) is 7.47. The topological polar surface area (TPSA) is 75.3 Å². The second-order valence-corrected chi connectivity index (χ2v) is 9.30. The third-order valence-electron chi connectivity index (χ3n) is 5.19. The zero-order valence-electron chi connectivity index (χ0n) is 17.7. The molecule has 7 heteroatoms. The van der Waals surface area contributed by atoms with Crippen LogP contribution in [0.4, 0.5) is 0 Å². The third kappa shape index (κ3) is 4.79. The highest BCUT2D eigenvalue weighted by Crippen LogP contribution is 2.30. The van der Waals surface area contributed by atoms with E-state index in [4.69, 9.17) is 20.2 Å². The van der Waals surface area contributed by atoms with Gasteiger partial charge in [0.05, 0.1) is 11.6 Å². The summed E-state index contributed by atoms with van der Waals surface area (Å²) >= 11 is 7.10. The molecule has 5 nitrogen and oxygen atoms in total. The van der Waals surface area contributed by atoms with Gasteiger partial charge < -0.3 is 0 Å². The number of nitriles is 1. The molecule has 0 aliphatic rings. The summed E-state index contributed by atoms with van der Waals surface area (Å²) in [5.41, 5.74) is 5.34. The number of pyridine rings is 1. The highest BCUT2D eigenvalue weighted by molar-refractivity contribution is 9.11. The van der Waals surface area contributed by atoms with Gasteiger partial charge in [0.15, 0.2) is 17.5 Å². The van der Waals surface area contributed by atoms with Crippen LogP contribution in [0.3, 0.4) is 0 Å². The molecule has 0 radical (unpaired) electrons. The zero-order chi connectivity index (χ0) is 23.5. The molecule has 0 N–H and O–H groups in total. The Kier molecular flexibility index (Phi) is 6.26. The Morgan fingerprint density at radius 2 is 0.971 bits per heavy atom. The van der Waals surface area contributed by atoms with Gasteiger partial charge in [0, 0.05) is 38.0 Å². The first-order valence-corrected chi connectivity index (χ1v) is 11.9. The molecule has 162 valence electrons. The molecule has 5 aromatic rings. The van der Waals surface area contributed by atoms with Crippen LogP contribution in [0.2, 0.25) is 0 Å². The molecule has 5 rings (SSSR count). The van der Waals surface area contributed by atoms with Crippen LogP contribution in [0.1, 0.15) is 5.56 Å². The maximum absolute atomic E-state index is 9.02. The van der Waals surface area contributed by atoms with E-state index in [0.29, 0.717) is 23.0 Å². The number of nitrogens with zero attached hydrogens (tertiary/aromatic N) is 5. The van der Waals surface area contributed by atoms with E-state index in [1.165, 1.54) is 0 Å². The van der Waals surface area contributed by atoms with Crippen LogP contribution < -0.4 is 0 Å². The fourth-order valence-corrected chi connectivity index (χ4v) is 4.79. The average molecular weight is 569 g/mol. The zero-order valence-corrected chi connectivity index (χ0v) is 20.8. The van der Waals surface area contributed by atoms with Crippen molar-refractivity contribution in [3.8, 4) is 51.4 Å². The standard InChI is InChI=1S/C27H15Br2N5/c28-23-13-22(14-24(29)15-23)27-33-25(32-26(34-27)21-9-11-31-12-10-21)20-7-5-19(6-8-20)18-3-1-17(16-30)2-4-18/h1-15H. The van der Waals surface area contributed by atoms with E-state index >= 15 is 0 Å². The van der Waals surface area contributed by atoms with Crippen molar-refractivity contribution in [2.45, 2.75) is 0 Å². The SMILES string of the molecule is N#Cc1ccc(-c2ccc(-c3nc(-c4ccncc4)nc(-c4cc(Br)cc(Br)c4)n3)cc2)cc1. The van der Waals surface area contributed by atoms with Gasteiger partial charge in [-0.2, -0.15) is 5.26 Å². The second kappa shape index (κ2) is 9.64. The van der Waals surface area contributed by atoms with E-state index in [9.17, 15) is 0 Å². The van der Waals surface area contributed by atoms with Crippen LogP contribution in [0, 0.1) is 11.3 Å². The van der Waals surface area contributed by atoms with Gasteiger partial charge in [-0.3, -0.25) is 4.98 Å². The molecule has 0 fully saturated rings. The lowest BCUT2D eigenvalue weighted by atomic mass is 10.0. The van der Waals surface area contributed by atoms with E-state index in [2.05, 4.69) is 42.9 Å². The Labute approximate surface area is 213 Å². The summed E-state index contributed by atoms with van der Waals surface area (Å²) in [5, 5.41) is 9.02. The molecule has 0 unspecified atom stereocenters. The van der Waals surface area contributed by atoms with Crippen LogP contribution in [-0.2, 0) is 0 Å². The molecular weight excluding hydrogens is 554 g/mol. The molecule has 3 aromatic carbocycles. The molecule has 0 aliphatic carbocycles. The van der Waals surface area contributed by atoms with Crippen molar-refractivity contribution in [1.82, 2.24) is 19.9 Å². The van der Waals surface area contributed by atoms with Gasteiger partial charge in [0.2, 0.25) is 0 Å². The molecule has 0 atom stereocenters.